The second-order valence-electron chi connectivity index (χ2n) is 3.00. The van der Waals surface area contributed by atoms with Crippen LogP contribution in [0.15, 0.2) is 6.07 Å². The van der Waals surface area contributed by atoms with Crippen LogP contribution in [0.3, 0.4) is 0 Å². The number of aliphatic carboxylic acids is 1. The Morgan fingerprint density at radius 3 is 2.62 bits per heavy atom. The molecule has 1 aromatic heterocycles. The van der Waals surface area contributed by atoms with Crippen molar-refractivity contribution in [3.63, 3.8) is 0 Å². The van der Waals surface area contributed by atoms with Crippen LogP contribution in [-0.2, 0) is 16.5 Å². The lowest BCUT2D eigenvalue weighted by molar-refractivity contribution is -0.136. The molecule has 1 heterocycles. The molecule has 7 heteroatoms. The predicted molar refractivity (Wildman–Crippen MR) is 54.8 cm³/mol. The van der Waals surface area contributed by atoms with E-state index in [1.807, 2.05) is 0 Å². The molecule has 16 heavy (non-hydrogen) atoms. The lowest BCUT2D eigenvalue weighted by Gasteiger charge is -2.09. The largest absolute Gasteiger partial charge is 0.506 e. The third-order valence-corrected chi connectivity index (χ3v) is 2.47. The highest BCUT2D eigenvalue weighted by Gasteiger charge is 2.19. The number of pyridine rings is 1. The zero-order valence-electron chi connectivity index (χ0n) is 7.95. The summed E-state index contributed by atoms with van der Waals surface area (Å²) in [6, 6.07) is 1.10. The van der Waals surface area contributed by atoms with E-state index >= 15 is 0 Å². The van der Waals surface area contributed by atoms with Crippen LogP contribution in [0, 0.1) is 0 Å². The zero-order valence-corrected chi connectivity index (χ0v) is 9.54. The van der Waals surface area contributed by atoms with E-state index in [0.717, 1.165) is 6.07 Å². The minimum atomic E-state index is -2.93. The molecular formula is C9H8BrF2NO3. The van der Waals surface area contributed by atoms with E-state index < -0.39 is 30.3 Å². The molecule has 0 amide bonds. The van der Waals surface area contributed by atoms with E-state index in [-0.39, 0.29) is 11.0 Å². The van der Waals surface area contributed by atoms with Crippen molar-refractivity contribution in [1.29, 1.82) is 0 Å². The Morgan fingerprint density at radius 1 is 1.56 bits per heavy atom. The Morgan fingerprint density at radius 2 is 2.19 bits per heavy atom. The van der Waals surface area contributed by atoms with Crippen molar-refractivity contribution in [2.24, 2.45) is 0 Å². The first-order chi connectivity index (χ1) is 7.45. The van der Waals surface area contributed by atoms with Gasteiger partial charge in [0.2, 0.25) is 0 Å². The Balaban J connectivity index is 3.22. The minimum Gasteiger partial charge on any atom is -0.506 e. The van der Waals surface area contributed by atoms with Crippen LogP contribution in [0.5, 0.6) is 5.75 Å². The van der Waals surface area contributed by atoms with Gasteiger partial charge in [0, 0.05) is 5.33 Å². The SMILES string of the molecule is O=C(O)Cc1nc(C(F)F)c(O)cc1CBr. The molecule has 0 radical (unpaired) electrons. The molecule has 88 valence electrons. The number of rotatable bonds is 4. The summed E-state index contributed by atoms with van der Waals surface area (Å²) in [5, 5.41) is 18.1. The minimum absolute atomic E-state index is 0.0254. The van der Waals surface area contributed by atoms with Crippen molar-refractivity contribution < 1.29 is 23.8 Å². The highest BCUT2D eigenvalue weighted by molar-refractivity contribution is 9.08. The summed E-state index contributed by atoms with van der Waals surface area (Å²) in [5.74, 6) is -1.79. The molecule has 0 atom stereocenters. The number of carbonyl (C=O) groups is 1. The van der Waals surface area contributed by atoms with Gasteiger partial charge in [-0.1, -0.05) is 15.9 Å². The summed E-state index contributed by atoms with van der Waals surface area (Å²) in [6.07, 6.45) is -3.39. The van der Waals surface area contributed by atoms with E-state index in [4.69, 9.17) is 5.11 Å². The number of carboxylic acid groups (broad SMARTS) is 1. The molecule has 0 bridgehead atoms. The highest BCUT2D eigenvalue weighted by atomic mass is 79.9. The molecule has 0 unspecified atom stereocenters. The standard InChI is InChI=1S/C9H8BrF2NO3/c10-3-4-1-6(14)8(9(11)12)13-5(4)2-7(15)16/h1,9,14H,2-3H2,(H,15,16). The van der Waals surface area contributed by atoms with Crippen molar-refractivity contribution >= 4 is 21.9 Å². The van der Waals surface area contributed by atoms with Crippen molar-refractivity contribution in [1.82, 2.24) is 4.98 Å². The Bertz CT molecular complexity index is 412. The van der Waals surface area contributed by atoms with E-state index in [2.05, 4.69) is 20.9 Å². The van der Waals surface area contributed by atoms with Crippen molar-refractivity contribution in [2.45, 2.75) is 18.2 Å². The molecule has 2 N–H and O–H groups in total. The Kier molecular flexibility index (Phi) is 4.17. The third-order valence-electron chi connectivity index (χ3n) is 1.87. The van der Waals surface area contributed by atoms with E-state index in [1.165, 1.54) is 0 Å². The van der Waals surface area contributed by atoms with Crippen LogP contribution in [-0.4, -0.2) is 21.2 Å². The van der Waals surface area contributed by atoms with Gasteiger partial charge >= 0.3 is 5.97 Å². The molecule has 0 saturated carbocycles. The molecule has 4 nitrogen and oxygen atoms in total. The Hall–Kier alpha value is -1.24. The first-order valence-corrected chi connectivity index (χ1v) is 5.35. The molecule has 0 aliphatic carbocycles. The molecule has 0 fully saturated rings. The maximum absolute atomic E-state index is 12.4. The smallest absolute Gasteiger partial charge is 0.309 e. The Labute approximate surface area is 98.1 Å². The van der Waals surface area contributed by atoms with Gasteiger partial charge in [-0.15, -0.1) is 0 Å². The van der Waals surface area contributed by atoms with Gasteiger partial charge < -0.3 is 10.2 Å². The first-order valence-electron chi connectivity index (χ1n) is 4.23. The van der Waals surface area contributed by atoms with Crippen LogP contribution in [0.25, 0.3) is 0 Å². The number of hydrogen-bond acceptors (Lipinski definition) is 3. The molecule has 0 saturated heterocycles. The number of halogens is 3. The quantitative estimate of drug-likeness (QED) is 0.836. The fourth-order valence-corrected chi connectivity index (χ4v) is 1.65. The maximum atomic E-state index is 12.4. The molecule has 1 aromatic rings. The van der Waals surface area contributed by atoms with Gasteiger partial charge in [0.05, 0.1) is 12.1 Å². The summed E-state index contributed by atoms with van der Waals surface area (Å²) < 4.78 is 24.8. The lowest BCUT2D eigenvalue weighted by atomic mass is 10.1. The number of aromatic nitrogens is 1. The van der Waals surface area contributed by atoms with Crippen LogP contribution in [0.1, 0.15) is 23.4 Å². The van der Waals surface area contributed by atoms with Gasteiger partial charge in [-0.25, -0.2) is 13.8 Å². The maximum Gasteiger partial charge on any atom is 0.309 e. The molecule has 0 aromatic carbocycles. The van der Waals surface area contributed by atoms with Crippen molar-refractivity contribution in [2.75, 3.05) is 0 Å². The van der Waals surface area contributed by atoms with Crippen molar-refractivity contribution in [3.05, 3.63) is 23.0 Å². The summed E-state index contributed by atoms with van der Waals surface area (Å²) in [7, 11) is 0. The van der Waals surface area contributed by atoms with Crippen LogP contribution < -0.4 is 0 Å². The van der Waals surface area contributed by atoms with Crippen molar-refractivity contribution in [3.8, 4) is 5.75 Å². The lowest BCUT2D eigenvalue weighted by Crippen LogP contribution is -2.07. The molecule has 1 rings (SSSR count). The van der Waals surface area contributed by atoms with Crippen LogP contribution >= 0.6 is 15.9 Å². The van der Waals surface area contributed by atoms with Gasteiger partial charge in [-0.05, 0) is 11.6 Å². The van der Waals surface area contributed by atoms with Gasteiger partial charge in [0.1, 0.15) is 11.4 Å². The summed E-state index contributed by atoms with van der Waals surface area (Å²) >= 11 is 3.06. The molecule has 0 spiro atoms. The van der Waals surface area contributed by atoms with Gasteiger partial charge in [-0.2, -0.15) is 0 Å². The number of nitrogens with zero attached hydrogens (tertiary/aromatic N) is 1. The molecular weight excluding hydrogens is 288 g/mol. The molecule has 0 aliphatic rings. The number of aromatic hydroxyl groups is 1. The monoisotopic (exact) mass is 295 g/mol. The fourth-order valence-electron chi connectivity index (χ4n) is 1.17. The van der Waals surface area contributed by atoms with Gasteiger partial charge in [0.15, 0.2) is 0 Å². The summed E-state index contributed by atoms with van der Waals surface area (Å²) in [6.45, 7) is 0. The molecule has 0 aliphatic heterocycles. The fraction of sp³-hybridized carbons (Fsp3) is 0.333. The average Bonchev–Trinajstić information content (AvgIpc) is 2.18. The summed E-state index contributed by atoms with van der Waals surface area (Å²) in [5.41, 5.74) is -0.386. The third kappa shape index (κ3) is 2.88. The average molecular weight is 296 g/mol. The highest BCUT2D eigenvalue weighted by Crippen LogP contribution is 2.29. The topological polar surface area (TPSA) is 70.4 Å². The van der Waals surface area contributed by atoms with E-state index in [0.29, 0.717) is 5.56 Å². The first kappa shape index (κ1) is 12.8. The van der Waals surface area contributed by atoms with Gasteiger partial charge in [-0.3, -0.25) is 4.79 Å². The number of hydrogen-bond donors (Lipinski definition) is 2. The zero-order chi connectivity index (χ0) is 12.3. The second-order valence-corrected chi connectivity index (χ2v) is 3.56. The second kappa shape index (κ2) is 5.20. The number of carboxylic acids is 1. The predicted octanol–water partition coefficient (Wildman–Crippen LogP) is 2.25. The van der Waals surface area contributed by atoms with E-state index in [1.54, 1.807) is 0 Å². The van der Waals surface area contributed by atoms with Gasteiger partial charge in [0.25, 0.3) is 6.43 Å². The number of alkyl halides is 3. The van der Waals surface area contributed by atoms with E-state index in [9.17, 15) is 18.7 Å². The van der Waals surface area contributed by atoms with Crippen LogP contribution in [0.2, 0.25) is 0 Å². The normalized spacial score (nSPS) is 10.8. The van der Waals surface area contributed by atoms with Crippen LogP contribution in [0.4, 0.5) is 8.78 Å². The summed E-state index contributed by atoms with van der Waals surface area (Å²) in [4.78, 5) is 14.0.